The molecule has 1 rings (SSSR count). The minimum atomic E-state index is -0.301. The zero-order chi connectivity index (χ0) is 15.8. The van der Waals surface area contributed by atoms with Crippen molar-refractivity contribution in [3.63, 3.8) is 0 Å². The number of aliphatic hydroxyl groups is 1. The molecule has 21 heavy (non-hydrogen) atoms. The van der Waals surface area contributed by atoms with E-state index in [1.807, 2.05) is 13.8 Å². The SMILES string of the molecule is CCCC(C)NC(=O)C(C)N1CCCCCC1CC(C)O. The van der Waals surface area contributed by atoms with Crippen LogP contribution in [0.25, 0.3) is 0 Å². The van der Waals surface area contributed by atoms with Crippen molar-refractivity contribution in [1.82, 2.24) is 10.2 Å². The van der Waals surface area contributed by atoms with Crippen LogP contribution in [0.2, 0.25) is 0 Å². The quantitative estimate of drug-likeness (QED) is 0.760. The molecule has 4 nitrogen and oxygen atoms in total. The van der Waals surface area contributed by atoms with Gasteiger partial charge >= 0.3 is 0 Å². The van der Waals surface area contributed by atoms with Crippen LogP contribution < -0.4 is 5.32 Å². The molecule has 0 saturated carbocycles. The number of rotatable bonds is 7. The Bertz CT molecular complexity index is 307. The zero-order valence-corrected chi connectivity index (χ0v) is 14.3. The lowest BCUT2D eigenvalue weighted by Gasteiger charge is -2.35. The van der Waals surface area contributed by atoms with Gasteiger partial charge in [-0.2, -0.15) is 0 Å². The van der Waals surface area contributed by atoms with Gasteiger partial charge in [0.1, 0.15) is 0 Å². The topological polar surface area (TPSA) is 52.6 Å². The fourth-order valence-corrected chi connectivity index (χ4v) is 3.38. The van der Waals surface area contributed by atoms with Crippen molar-refractivity contribution < 1.29 is 9.90 Å². The van der Waals surface area contributed by atoms with Crippen LogP contribution in [0.3, 0.4) is 0 Å². The summed E-state index contributed by atoms with van der Waals surface area (Å²) in [6, 6.07) is 0.466. The van der Waals surface area contributed by atoms with E-state index in [9.17, 15) is 9.90 Å². The third kappa shape index (κ3) is 6.35. The van der Waals surface area contributed by atoms with Crippen LogP contribution in [-0.2, 0) is 4.79 Å². The van der Waals surface area contributed by atoms with Crippen molar-refractivity contribution in [2.75, 3.05) is 6.54 Å². The first-order chi connectivity index (χ1) is 9.95. The molecule has 1 aliphatic heterocycles. The number of nitrogens with zero attached hydrogens (tertiary/aromatic N) is 1. The summed E-state index contributed by atoms with van der Waals surface area (Å²) in [5, 5.41) is 12.9. The molecule has 1 fully saturated rings. The monoisotopic (exact) mass is 298 g/mol. The molecule has 0 radical (unpaired) electrons. The van der Waals surface area contributed by atoms with E-state index < -0.39 is 0 Å². The summed E-state index contributed by atoms with van der Waals surface area (Å²) >= 11 is 0. The van der Waals surface area contributed by atoms with Crippen molar-refractivity contribution in [3.05, 3.63) is 0 Å². The highest BCUT2D eigenvalue weighted by Gasteiger charge is 2.30. The largest absolute Gasteiger partial charge is 0.393 e. The van der Waals surface area contributed by atoms with Gasteiger partial charge in [-0.1, -0.05) is 26.2 Å². The van der Waals surface area contributed by atoms with Gasteiger partial charge in [0.2, 0.25) is 5.91 Å². The Morgan fingerprint density at radius 2 is 2.00 bits per heavy atom. The maximum Gasteiger partial charge on any atom is 0.237 e. The molecule has 4 unspecified atom stereocenters. The van der Waals surface area contributed by atoms with Crippen molar-refractivity contribution >= 4 is 5.91 Å². The first kappa shape index (κ1) is 18.4. The number of carbonyl (C=O) groups is 1. The fraction of sp³-hybridized carbons (Fsp3) is 0.941. The Labute approximate surface area is 130 Å². The van der Waals surface area contributed by atoms with Crippen molar-refractivity contribution in [1.29, 1.82) is 0 Å². The molecule has 4 heteroatoms. The minimum Gasteiger partial charge on any atom is -0.393 e. The van der Waals surface area contributed by atoms with E-state index in [1.54, 1.807) is 0 Å². The highest BCUT2D eigenvalue weighted by Crippen LogP contribution is 2.23. The molecule has 0 spiro atoms. The molecule has 1 heterocycles. The van der Waals surface area contributed by atoms with Crippen LogP contribution in [0.15, 0.2) is 0 Å². The summed E-state index contributed by atoms with van der Waals surface area (Å²) in [6.45, 7) is 9.03. The Balaban J connectivity index is 2.65. The average Bonchev–Trinajstić information content (AvgIpc) is 2.62. The fourth-order valence-electron chi connectivity index (χ4n) is 3.38. The third-order valence-electron chi connectivity index (χ3n) is 4.52. The number of hydrogen-bond acceptors (Lipinski definition) is 3. The van der Waals surface area contributed by atoms with Crippen molar-refractivity contribution in [2.24, 2.45) is 0 Å². The maximum absolute atomic E-state index is 12.5. The molecule has 1 amide bonds. The summed E-state index contributed by atoms with van der Waals surface area (Å²) in [7, 11) is 0. The number of carbonyl (C=O) groups excluding carboxylic acids is 1. The van der Waals surface area contributed by atoms with E-state index in [0.717, 1.165) is 38.6 Å². The van der Waals surface area contributed by atoms with Gasteiger partial charge in [0, 0.05) is 12.1 Å². The lowest BCUT2D eigenvalue weighted by molar-refractivity contribution is -0.127. The van der Waals surface area contributed by atoms with Gasteiger partial charge in [0.25, 0.3) is 0 Å². The van der Waals surface area contributed by atoms with E-state index in [4.69, 9.17) is 0 Å². The van der Waals surface area contributed by atoms with Crippen LogP contribution in [-0.4, -0.2) is 46.7 Å². The van der Waals surface area contributed by atoms with Gasteiger partial charge in [-0.15, -0.1) is 0 Å². The predicted molar refractivity (Wildman–Crippen MR) is 87.2 cm³/mol. The number of amides is 1. The van der Waals surface area contributed by atoms with Crippen LogP contribution in [0.5, 0.6) is 0 Å². The Hall–Kier alpha value is -0.610. The first-order valence-corrected chi connectivity index (χ1v) is 8.69. The highest BCUT2D eigenvalue weighted by atomic mass is 16.3. The third-order valence-corrected chi connectivity index (χ3v) is 4.52. The number of hydrogen-bond donors (Lipinski definition) is 2. The lowest BCUT2D eigenvalue weighted by Crippen LogP contribution is -2.51. The maximum atomic E-state index is 12.5. The van der Waals surface area contributed by atoms with Crippen LogP contribution in [0, 0.1) is 0 Å². The molecule has 2 N–H and O–H groups in total. The second kappa shape index (κ2) is 9.42. The molecule has 0 bridgehead atoms. The normalized spacial score (nSPS) is 24.9. The smallest absolute Gasteiger partial charge is 0.237 e. The summed E-state index contributed by atoms with van der Waals surface area (Å²) in [4.78, 5) is 14.8. The van der Waals surface area contributed by atoms with Gasteiger partial charge in [-0.3, -0.25) is 9.69 Å². The predicted octanol–water partition coefficient (Wildman–Crippen LogP) is 2.70. The van der Waals surface area contributed by atoms with Gasteiger partial charge in [-0.05, 0) is 53.0 Å². The molecular formula is C17H34N2O2. The number of likely N-dealkylation sites (tertiary alicyclic amines) is 1. The second-order valence-corrected chi connectivity index (χ2v) is 6.70. The van der Waals surface area contributed by atoms with Gasteiger partial charge < -0.3 is 10.4 Å². The lowest BCUT2D eigenvalue weighted by atomic mass is 10.0. The molecule has 1 aliphatic rings. The molecule has 1 saturated heterocycles. The average molecular weight is 298 g/mol. The number of nitrogens with one attached hydrogen (secondary N) is 1. The van der Waals surface area contributed by atoms with E-state index in [-0.39, 0.29) is 24.1 Å². The standard InChI is InChI=1S/C17H34N2O2/c1-5-9-13(2)18-17(21)15(4)19-11-8-6-7-10-16(19)12-14(3)20/h13-16,20H,5-12H2,1-4H3,(H,18,21). The zero-order valence-electron chi connectivity index (χ0n) is 14.3. The Kier molecular flexibility index (Phi) is 8.27. The molecule has 0 aromatic rings. The summed E-state index contributed by atoms with van der Waals surface area (Å²) in [5.74, 6) is 0.133. The Morgan fingerprint density at radius 3 is 2.62 bits per heavy atom. The van der Waals surface area contributed by atoms with Crippen molar-refractivity contribution in [2.45, 2.75) is 96.9 Å². The molecule has 0 aliphatic carbocycles. The number of aliphatic hydroxyl groups excluding tert-OH is 1. The Morgan fingerprint density at radius 1 is 1.29 bits per heavy atom. The molecule has 124 valence electrons. The second-order valence-electron chi connectivity index (χ2n) is 6.70. The first-order valence-electron chi connectivity index (χ1n) is 8.69. The summed E-state index contributed by atoms with van der Waals surface area (Å²) < 4.78 is 0. The minimum absolute atomic E-state index is 0.105. The highest BCUT2D eigenvalue weighted by molar-refractivity contribution is 5.81. The summed E-state index contributed by atoms with van der Waals surface area (Å²) in [6.07, 6.45) is 7.25. The molecule has 0 aromatic heterocycles. The van der Waals surface area contributed by atoms with Gasteiger partial charge in [-0.25, -0.2) is 0 Å². The van der Waals surface area contributed by atoms with E-state index >= 15 is 0 Å². The van der Waals surface area contributed by atoms with Crippen LogP contribution in [0.4, 0.5) is 0 Å². The van der Waals surface area contributed by atoms with Crippen molar-refractivity contribution in [3.8, 4) is 0 Å². The van der Waals surface area contributed by atoms with Crippen LogP contribution in [0.1, 0.15) is 72.6 Å². The molecule has 4 atom stereocenters. The van der Waals surface area contributed by atoms with E-state index in [1.165, 1.54) is 12.8 Å². The van der Waals surface area contributed by atoms with Gasteiger partial charge in [0.15, 0.2) is 0 Å². The van der Waals surface area contributed by atoms with E-state index in [0.29, 0.717) is 6.04 Å². The van der Waals surface area contributed by atoms with Crippen LogP contribution >= 0.6 is 0 Å². The summed E-state index contributed by atoms with van der Waals surface area (Å²) in [5.41, 5.74) is 0. The molecular weight excluding hydrogens is 264 g/mol. The van der Waals surface area contributed by atoms with E-state index in [2.05, 4.69) is 24.1 Å². The van der Waals surface area contributed by atoms with Gasteiger partial charge in [0.05, 0.1) is 12.1 Å². The molecule has 0 aromatic carbocycles.